The molecule has 0 spiro atoms. The first-order chi connectivity index (χ1) is 14.6. The Bertz CT molecular complexity index is 972. The molecular weight excluding hydrogens is 396 g/mol. The fourth-order valence-electron chi connectivity index (χ4n) is 4.09. The summed E-state index contributed by atoms with van der Waals surface area (Å²) in [6, 6.07) is 17.1. The topological polar surface area (TPSA) is 49.4 Å². The molecule has 30 heavy (non-hydrogen) atoms. The molecule has 1 saturated heterocycles. The van der Waals surface area contributed by atoms with E-state index in [0.29, 0.717) is 18.1 Å². The number of likely N-dealkylation sites (tertiary alicyclic amines) is 1. The number of nitrogens with zero attached hydrogens (tertiary/aromatic N) is 1. The molecule has 2 fully saturated rings. The van der Waals surface area contributed by atoms with E-state index in [1.807, 2.05) is 59.5 Å². The number of hydrogen-bond donors (Lipinski definition) is 1. The number of benzene rings is 2. The van der Waals surface area contributed by atoms with Crippen molar-refractivity contribution in [2.24, 2.45) is 5.92 Å². The molecule has 1 aliphatic heterocycles. The molecule has 1 saturated carbocycles. The Morgan fingerprint density at radius 2 is 1.83 bits per heavy atom. The van der Waals surface area contributed by atoms with Crippen LogP contribution in [0.3, 0.4) is 0 Å². The number of carbonyl (C=O) groups is 2. The minimum atomic E-state index is -0.407. The summed E-state index contributed by atoms with van der Waals surface area (Å²) < 4.78 is 0. The SMILES string of the molecule is O=C(C#Cc1ccccc1)N1CCCC(CNC(=O)C2(c3ccc(Cl)cc3)CC2)C1. The smallest absolute Gasteiger partial charge is 0.298 e. The lowest BCUT2D eigenvalue weighted by atomic mass is 9.93. The molecule has 1 aliphatic carbocycles. The zero-order chi connectivity index (χ0) is 21.0. The normalized spacial score (nSPS) is 19.4. The van der Waals surface area contributed by atoms with Gasteiger partial charge in [-0.2, -0.15) is 0 Å². The Hall–Kier alpha value is -2.77. The molecule has 0 bridgehead atoms. The second-order valence-corrected chi connectivity index (χ2v) is 8.61. The van der Waals surface area contributed by atoms with Gasteiger partial charge in [0.05, 0.1) is 5.41 Å². The lowest BCUT2D eigenvalue weighted by Gasteiger charge is -2.32. The van der Waals surface area contributed by atoms with Crippen molar-refractivity contribution in [3.8, 4) is 11.8 Å². The summed E-state index contributed by atoms with van der Waals surface area (Å²) >= 11 is 5.98. The van der Waals surface area contributed by atoms with E-state index < -0.39 is 5.41 Å². The van der Waals surface area contributed by atoms with Gasteiger partial charge in [0, 0.05) is 36.1 Å². The average Bonchev–Trinajstić information content (AvgIpc) is 3.59. The standard InChI is InChI=1S/C25H25ClN2O2/c26-22-11-9-21(10-12-22)25(14-15-25)24(30)27-17-20-7-4-16-28(18-20)23(29)13-8-19-5-2-1-3-6-19/h1-3,5-6,9-12,20H,4,7,14-18H2,(H,27,30). The predicted octanol–water partition coefficient (Wildman–Crippen LogP) is 3.78. The average molecular weight is 421 g/mol. The third kappa shape index (κ3) is 4.68. The van der Waals surface area contributed by atoms with Crippen molar-refractivity contribution in [1.82, 2.24) is 10.2 Å². The summed E-state index contributed by atoms with van der Waals surface area (Å²) in [6.45, 7) is 1.95. The maximum atomic E-state index is 12.9. The molecule has 1 unspecified atom stereocenters. The number of carbonyl (C=O) groups excluding carboxylic acids is 2. The third-order valence-corrected chi connectivity index (χ3v) is 6.28. The van der Waals surface area contributed by atoms with Gasteiger partial charge in [-0.15, -0.1) is 0 Å². The molecule has 0 aromatic heterocycles. The van der Waals surface area contributed by atoms with Gasteiger partial charge in [-0.05, 0) is 61.4 Å². The summed E-state index contributed by atoms with van der Waals surface area (Å²) in [6.07, 6.45) is 3.67. The summed E-state index contributed by atoms with van der Waals surface area (Å²) in [7, 11) is 0. The van der Waals surface area contributed by atoms with Gasteiger partial charge in [-0.25, -0.2) is 0 Å². The highest BCUT2D eigenvalue weighted by molar-refractivity contribution is 6.30. The van der Waals surface area contributed by atoms with E-state index in [0.717, 1.165) is 43.4 Å². The van der Waals surface area contributed by atoms with E-state index in [2.05, 4.69) is 17.2 Å². The molecule has 1 atom stereocenters. The highest BCUT2D eigenvalue weighted by atomic mass is 35.5. The molecule has 154 valence electrons. The molecule has 1 N–H and O–H groups in total. The van der Waals surface area contributed by atoms with Gasteiger partial charge in [-0.3, -0.25) is 9.59 Å². The zero-order valence-corrected chi connectivity index (χ0v) is 17.6. The number of halogens is 1. The van der Waals surface area contributed by atoms with Crippen molar-refractivity contribution < 1.29 is 9.59 Å². The maximum absolute atomic E-state index is 12.9. The highest BCUT2D eigenvalue weighted by Crippen LogP contribution is 2.48. The fourth-order valence-corrected chi connectivity index (χ4v) is 4.22. The Balaban J connectivity index is 1.31. The largest absolute Gasteiger partial charge is 0.355 e. The van der Waals surface area contributed by atoms with Crippen LogP contribution in [0.15, 0.2) is 54.6 Å². The van der Waals surface area contributed by atoms with Crippen LogP contribution in [-0.4, -0.2) is 36.3 Å². The summed E-state index contributed by atoms with van der Waals surface area (Å²) in [4.78, 5) is 27.2. The van der Waals surface area contributed by atoms with E-state index >= 15 is 0 Å². The Kier molecular flexibility index (Phi) is 6.11. The third-order valence-electron chi connectivity index (χ3n) is 6.03. The van der Waals surface area contributed by atoms with Gasteiger partial charge in [0.15, 0.2) is 0 Å². The van der Waals surface area contributed by atoms with Crippen LogP contribution >= 0.6 is 11.6 Å². The molecular formula is C25H25ClN2O2. The van der Waals surface area contributed by atoms with Crippen LogP contribution in [0.5, 0.6) is 0 Å². The van der Waals surface area contributed by atoms with Gasteiger partial charge < -0.3 is 10.2 Å². The molecule has 1 heterocycles. The van der Waals surface area contributed by atoms with Gasteiger partial charge in [0.1, 0.15) is 0 Å². The summed E-state index contributed by atoms with van der Waals surface area (Å²) in [5.41, 5.74) is 1.46. The Morgan fingerprint density at radius 3 is 2.53 bits per heavy atom. The first-order valence-corrected chi connectivity index (χ1v) is 10.8. The Morgan fingerprint density at radius 1 is 1.10 bits per heavy atom. The van der Waals surface area contributed by atoms with E-state index in [4.69, 9.17) is 11.6 Å². The van der Waals surface area contributed by atoms with Crippen LogP contribution < -0.4 is 5.32 Å². The number of nitrogens with one attached hydrogen (secondary N) is 1. The first-order valence-electron chi connectivity index (χ1n) is 10.5. The van der Waals surface area contributed by atoms with Crippen LogP contribution in [0, 0.1) is 17.8 Å². The lowest BCUT2D eigenvalue weighted by Crippen LogP contribution is -2.45. The van der Waals surface area contributed by atoms with E-state index in [1.54, 1.807) is 0 Å². The maximum Gasteiger partial charge on any atom is 0.298 e. The van der Waals surface area contributed by atoms with Crippen LogP contribution in [0.2, 0.25) is 5.02 Å². The van der Waals surface area contributed by atoms with Crippen LogP contribution in [0.4, 0.5) is 0 Å². The zero-order valence-electron chi connectivity index (χ0n) is 16.9. The van der Waals surface area contributed by atoms with Gasteiger partial charge in [0.25, 0.3) is 5.91 Å². The molecule has 2 amide bonds. The molecule has 2 aromatic carbocycles. The second-order valence-electron chi connectivity index (χ2n) is 8.17. The highest BCUT2D eigenvalue weighted by Gasteiger charge is 2.51. The minimum absolute atomic E-state index is 0.0807. The van der Waals surface area contributed by atoms with Gasteiger partial charge >= 0.3 is 0 Å². The van der Waals surface area contributed by atoms with Crippen molar-refractivity contribution >= 4 is 23.4 Å². The van der Waals surface area contributed by atoms with Crippen molar-refractivity contribution in [3.05, 3.63) is 70.7 Å². The van der Waals surface area contributed by atoms with Gasteiger partial charge in [0.2, 0.25) is 5.91 Å². The lowest BCUT2D eigenvalue weighted by molar-refractivity contribution is -0.126. The molecule has 5 heteroatoms. The quantitative estimate of drug-likeness (QED) is 0.765. The van der Waals surface area contributed by atoms with E-state index in [9.17, 15) is 9.59 Å². The second kappa shape index (κ2) is 8.93. The molecule has 4 nitrogen and oxygen atoms in total. The molecule has 2 aliphatic rings. The predicted molar refractivity (Wildman–Crippen MR) is 118 cm³/mol. The van der Waals surface area contributed by atoms with Crippen molar-refractivity contribution in [1.29, 1.82) is 0 Å². The van der Waals surface area contributed by atoms with Crippen LogP contribution in [0.1, 0.15) is 36.8 Å². The number of amides is 2. The van der Waals surface area contributed by atoms with Crippen molar-refractivity contribution in [2.75, 3.05) is 19.6 Å². The number of piperidine rings is 1. The van der Waals surface area contributed by atoms with Crippen LogP contribution in [0.25, 0.3) is 0 Å². The number of hydrogen-bond acceptors (Lipinski definition) is 2. The van der Waals surface area contributed by atoms with Crippen molar-refractivity contribution in [2.45, 2.75) is 31.1 Å². The van der Waals surface area contributed by atoms with E-state index in [1.165, 1.54) is 0 Å². The first kappa shape index (κ1) is 20.5. The fraction of sp³-hybridized carbons (Fsp3) is 0.360. The Labute approximate surface area is 182 Å². The van der Waals surface area contributed by atoms with Gasteiger partial charge in [-0.1, -0.05) is 47.9 Å². The molecule has 0 radical (unpaired) electrons. The molecule has 4 rings (SSSR count). The van der Waals surface area contributed by atoms with Crippen LogP contribution in [-0.2, 0) is 15.0 Å². The molecule has 2 aromatic rings. The summed E-state index contributed by atoms with van der Waals surface area (Å²) in [5.74, 6) is 5.88. The monoisotopic (exact) mass is 420 g/mol. The summed E-state index contributed by atoms with van der Waals surface area (Å²) in [5, 5.41) is 3.82. The van der Waals surface area contributed by atoms with Crippen molar-refractivity contribution in [3.63, 3.8) is 0 Å². The number of rotatable bonds is 4. The van der Waals surface area contributed by atoms with E-state index in [-0.39, 0.29) is 17.7 Å². The minimum Gasteiger partial charge on any atom is -0.355 e.